The average molecular weight is 235 g/mol. The van der Waals surface area contributed by atoms with Crippen molar-refractivity contribution in [1.82, 2.24) is 20.6 Å². The highest BCUT2D eigenvalue weighted by Gasteiger charge is 2.05. The van der Waals surface area contributed by atoms with Crippen LogP contribution in [0.25, 0.3) is 0 Å². The Morgan fingerprint density at radius 1 is 1.24 bits per heavy atom. The summed E-state index contributed by atoms with van der Waals surface area (Å²) in [4.78, 5) is 0. The van der Waals surface area contributed by atoms with Gasteiger partial charge in [0.1, 0.15) is 0 Å². The quantitative estimate of drug-likeness (QED) is 0.798. The van der Waals surface area contributed by atoms with E-state index in [4.69, 9.17) is 9.47 Å². The van der Waals surface area contributed by atoms with Crippen LogP contribution in [0.1, 0.15) is 5.56 Å². The molecule has 0 unspecified atom stereocenters. The first-order chi connectivity index (χ1) is 8.33. The largest absolute Gasteiger partial charge is 0.493 e. The summed E-state index contributed by atoms with van der Waals surface area (Å²) >= 11 is 0. The van der Waals surface area contributed by atoms with Gasteiger partial charge < -0.3 is 14.8 Å². The second-order valence-corrected chi connectivity index (χ2v) is 3.28. The van der Waals surface area contributed by atoms with Gasteiger partial charge in [-0.25, -0.2) is 0 Å². The van der Waals surface area contributed by atoms with Gasteiger partial charge in [0, 0.05) is 6.54 Å². The van der Waals surface area contributed by atoms with E-state index < -0.39 is 0 Å². The number of tetrazole rings is 1. The molecule has 1 aromatic heterocycles. The lowest BCUT2D eigenvalue weighted by Gasteiger charge is -2.09. The molecule has 7 heteroatoms. The zero-order valence-corrected chi connectivity index (χ0v) is 9.60. The summed E-state index contributed by atoms with van der Waals surface area (Å²) in [7, 11) is 3.21. The van der Waals surface area contributed by atoms with E-state index in [9.17, 15) is 0 Å². The van der Waals surface area contributed by atoms with Gasteiger partial charge in [0.2, 0.25) is 0 Å². The molecule has 0 saturated carbocycles. The fraction of sp³-hybridized carbons (Fsp3) is 0.300. The highest BCUT2D eigenvalue weighted by Crippen LogP contribution is 2.27. The van der Waals surface area contributed by atoms with Crippen molar-refractivity contribution in [2.75, 3.05) is 19.5 Å². The molecule has 1 heterocycles. The lowest BCUT2D eigenvalue weighted by atomic mass is 10.2. The summed E-state index contributed by atoms with van der Waals surface area (Å²) in [6, 6.07) is 5.69. The highest BCUT2D eigenvalue weighted by atomic mass is 16.5. The number of nitrogens with one attached hydrogen (secondary N) is 2. The molecule has 0 saturated heterocycles. The van der Waals surface area contributed by atoms with E-state index in [1.165, 1.54) is 0 Å². The number of H-pyrrole nitrogens is 1. The fourth-order valence-electron chi connectivity index (χ4n) is 1.41. The van der Waals surface area contributed by atoms with Crippen LogP contribution >= 0.6 is 0 Å². The van der Waals surface area contributed by atoms with Crippen LogP contribution in [0.3, 0.4) is 0 Å². The van der Waals surface area contributed by atoms with Crippen molar-refractivity contribution in [3.05, 3.63) is 23.8 Å². The number of ether oxygens (including phenoxy) is 2. The van der Waals surface area contributed by atoms with Crippen LogP contribution in [-0.4, -0.2) is 34.8 Å². The third-order valence-corrected chi connectivity index (χ3v) is 2.24. The summed E-state index contributed by atoms with van der Waals surface area (Å²) in [5.74, 6) is 1.86. The van der Waals surface area contributed by atoms with E-state index in [1.807, 2.05) is 18.2 Å². The van der Waals surface area contributed by atoms with E-state index in [-0.39, 0.29) is 0 Å². The van der Waals surface area contributed by atoms with E-state index in [0.717, 1.165) is 5.56 Å². The zero-order chi connectivity index (χ0) is 12.1. The molecule has 2 rings (SSSR count). The Morgan fingerprint density at radius 3 is 2.71 bits per heavy atom. The van der Waals surface area contributed by atoms with Crippen molar-refractivity contribution in [3.63, 3.8) is 0 Å². The van der Waals surface area contributed by atoms with Gasteiger partial charge in [0.05, 0.1) is 14.2 Å². The monoisotopic (exact) mass is 235 g/mol. The van der Waals surface area contributed by atoms with Gasteiger partial charge in [-0.1, -0.05) is 11.2 Å². The molecule has 2 aromatic rings. The Kier molecular flexibility index (Phi) is 3.39. The van der Waals surface area contributed by atoms with E-state index in [1.54, 1.807) is 14.2 Å². The first-order valence-corrected chi connectivity index (χ1v) is 5.01. The van der Waals surface area contributed by atoms with Gasteiger partial charge in [-0.2, -0.15) is 5.21 Å². The second-order valence-electron chi connectivity index (χ2n) is 3.28. The number of anilines is 1. The van der Waals surface area contributed by atoms with Crippen LogP contribution in [0.5, 0.6) is 11.5 Å². The van der Waals surface area contributed by atoms with Crippen molar-refractivity contribution in [1.29, 1.82) is 0 Å². The molecule has 0 spiro atoms. The van der Waals surface area contributed by atoms with Gasteiger partial charge in [0.15, 0.2) is 11.5 Å². The van der Waals surface area contributed by atoms with Crippen molar-refractivity contribution in [2.24, 2.45) is 0 Å². The summed E-state index contributed by atoms with van der Waals surface area (Å²) in [6.45, 7) is 0.583. The third kappa shape index (κ3) is 2.63. The minimum atomic E-state index is 0.458. The van der Waals surface area contributed by atoms with Gasteiger partial charge >= 0.3 is 0 Å². The van der Waals surface area contributed by atoms with Gasteiger partial charge in [0.25, 0.3) is 5.95 Å². The molecule has 0 aliphatic carbocycles. The molecule has 1 aromatic carbocycles. The van der Waals surface area contributed by atoms with E-state index in [0.29, 0.717) is 24.0 Å². The summed E-state index contributed by atoms with van der Waals surface area (Å²) in [6.07, 6.45) is 0. The number of benzene rings is 1. The van der Waals surface area contributed by atoms with Crippen LogP contribution in [0.4, 0.5) is 5.95 Å². The van der Waals surface area contributed by atoms with Crippen molar-refractivity contribution < 1.29 is 9.47 Å². The molecule has 0 amide bonds. The molecule has 0 bridgehead atoms. The van der Waals surface area contributed by atoms with Crippen molar-refractivity contribution >= 4 is 5.95 Å². The minimum absolute atomic E-state index is 0.458. The normalized spacial score (nSPS) is 10.0. The lowest BCUT2D eigenvalue weighted by Crippen LogP contribution is -2.02. The molecule has 0 radical (unpaired) electrons. The van der Waals surface area contributed by atoms with Gasteiger partial charge in [-0.15, -0.1) is 5.10 Å². The minimum Gasteiger partial charge on any atom is -0.493 e. The number of hydrogen-bond donors (Lipinski definition) is 2. The van der Waals surface area contributed by atoms with Crippen LogP contribution in [0.2, 0.25) is 0 Å². The maximum absolute atomic E-state index is 5.21. The van der Waals surface area contributed by atoms with Crippen LogP contribution in [0, 0.1) is 0 Å². The maximum Gasteiger partial charge on any atom is 0.263 e. The second kappa shape index (κ2) is 5.15. The third-order valence-electron chi connectivity index (χ3n) is 2.24. The number of hydrogen-bond acceptors (Lipinski definition) is 6. The molecule has 90 valence electrons. The smallest absolute Gasteiger partial charge is 0.263 e. The molecule has 7 nitrogen and oxygen atoms in total. The SMILES string of the molecule is COc1ccc(CNc2nn[nH]n2)cc1OC. The summed E-state index contributed by atoms with van der Waals surface area (Å²) in [5.41, 5.74) is 1.03. The maximum atomic E-state index is 5.21. The molecule has 0 aliphatic rings. The standard InChI is InChI=1S/C10H13N5O2/c1-16-8-4-3-7(5-9(8)17-2)6-11-10-12-14-15-13-10/h3-5H,6H2,1-2H3,(H2,11,12,13,14,15). The molecular weight excluding hydrogens is 222 g/mol. The molecular formula is C10H13N5O2. The Balaban J connectivity index is 2.06. The highest BCUT2D eigenvalue weighted by molar-refractivity contribution is 5.43. The topological polar surface area (TPSA) is 85.0 Å². The first kappa shape index (κ1) is 11.2. The molecule has 0 fully saturated rings. The summed E-state index contributed by atoms with van der Waals surface area (Å²) < 4.78 is 10.4. The number of aromatic amines is 1. The summed E-state index contributed by atoms with van der Waals surface area (Å²) in [5, 5.41) is 16.4. The Labute approximate surface area is 98.1 Å². The number of rotatable bonds is 5. The van der Waals surface area contributed by atoms with E-state index >= 15 is 0 Å². The predicted octanol–water partition coefficient (Wildman–Crippen LogP) is 0.829. The zero-order valence-electron chi connectivity index (χ0n) is 9.60. The lowest BCUT2D eigenvalue weighted by molar-refractivity contribution is 0.354. The molecule has 2 N–H and O–H groups in total. The van der Waals surface area contributed by atoms with Crippen molar-refractivity contribution in [2.45, 2.75) is 6.54 Å². The number of nitrogens with zero attached hydrogens (tertiary/aromatic N) is 3. The first-order valence-electron chi connectivity index (χ1n) is 5.01. The Bertz CT molecular complexity index is 472. The Morgan fingerprint density at radius 2 is 2.06 bits per heavy atom. The van der Waals surface area contributed by atoms with Crippen molar-refractivity contribution in [3.8, 4) is 11.5 Å². The average Bonchev–Trinajstić information content (AvgIpc) is 2.89. The fourth-order valence-corrected chi connectivity index (χ4v) is 1.41. The molecule has 17 heavy (non-hydrogen) atoms. The van der Waals surface area contributed by atoms with Gasteiger partial charge in [-0.3, -0.25) is 0 Å². The predicted molar refractivity (Wildman–Crippen MR) is 61.1 cm³/mol. The van der Waals surface area contributed by atoms with E-state index in [2.05, 4.69) is 25.9 Å². The molecule has 0 atom stereocenters. The van der Waals surface area contributed by atoms with Gasteiger partial charge in [-0.05, 0) is 22.9 Å². The number of aromatic nitrogens is 4. The van der Waals surface area contributed by atoms with Crippen LogP contribution in [-0.2, 0) is 6.54 Å². The number of methoxy groups -OCH3 is 2. The van der Waals surface area contributed by atoms with Crippen LogP contribution in [0.15, 0.2) is 18.2 Å². The van der Waals surface area contributed by atoms with Crippen LogP contribution < -0.4 is 14.8 Å². The Hall–Kier alpha value is -2.31. The molecule has 0 aliphatic heterocycles.